The largest absolute Gasteiger partial charge is 0.316 e. The summed E-state index contributed by atoms with van der Waals surface area (Å²) in [5, 5.41) is 3.24. The molecule has 4 nitrogen and oxygen atoms in total. The highest BCUT2D eigenvalue weighted by Gasteiger charge is 2.21. The number of piperidine rings is 1. The average molecular weight is 347 g/mol. The minimum atomic E-state index is -3.28. The molecule has 2 rings (SSSR count). The second-order valence-electron chi connectivity index (χ2n) is 5.11. The van der Waals surface area contributed by atoms with Crippen molar-refractivity contribution in [2.75, 3.05) is 23.6 Å². The molecular formula is C13H19BrN2O2S. The lowest BCUT2D eigenvalue weighted by atomic mass is 10.0. The van der Waals surface area contributed by atoms with Crippen molar-refractivity contribution in [1.82, 2.24) is 5.32 Å². The van der Waals surface area contributed by atoms with Crippen molar-refractivity contribution in [1.29, 1.82) is 0 Å². The summed E-state index contributed by atoms with van der Waals surface area (Å²) in [6, 6.07) is 5.56. The highest BCUT2D eigenvalue weighted by Crippen LogP contribution is 2.21. The second-order valence-corrected chi connectivity index (χ2v) is 7.80. The molecule has 1 aliphatic rings. The second kappa shape index (κ2) is 6.24. The van der Waals surface area contributed by atoms with Gasteiger partial charge < -0.3 is 5.32 Å². The molecule has 0 spiro atoms. The molecule has 0 bridgehead atoms. The minimum absolute atomic E-state index is 0.186. The number of aryl methyl sites for hydroxylation is 1. The number of benzene rings is 1. The van der Waals surface area contributed by atoms with Gasteiger partial charge in [0.1, 0.15) is 0 Å². The molecule has 6 heteroatoms. The first kappa shape index (κ1) is 14.8. The first-order valence-electron chi connectivity index (χ1n) is 6.43. The highest BCUT2D eigenvalue weighted by atomic mass is 79.9. The number of nitrogens with one attached hydrogen (secondary N) is 2. The molecule has 1 aromatic rings. The summed E-state index contributed by atoms with van der Waals surface area (Å²) < 4.78 is 27.8. The SMILES string of the molecule is Cc1cc(Br)cc(NS(=O)(=O)CC2CCCNC2)c1. The van der Waals surface area contributed by atoms with E-state index in [2.05, 4.69) is 26.0 Å². The Hall–Kier alpha value is -0.590. The summed E-state index contributed by atoms with van der Waals surface area (Å²) in [7, 11) is -3.28. The predicted molar refractivity (Wildman–Crippen MR) is 81.9 cm³/mol. The van der Waals surface area contributed by atoms with Gasteiger partial charge in [0.25, 0.3) is 0 Å². The van der Waals surface area contributed by atoms with Crippen molar-refractivity contribution in [3.63, 3.8) is 0 Å². The molecule has 0 amide bonds. The number of halogens is 1. The molecule has 0 saturated carbocycles. The van der Waals surface area contributed by atoms with Gasteiger partial charge in [-0.05, 0) is 62.5 Å². The monoisotopic (exact) mass is 346 g/mol. The van der Waals surface area contributed by atoms with Crippen LogP contribution in [0.1, 0.15) is 18.4 Å². The van der Waals surface area contributed by atoms with Crippen molar-refractivity contribution < 1.29 is 8.42 Å². The lowest BCUT2D eigenvalue weighted by Gasteiger charge is -2.22. The molecule has 0 aromatic heterocycles. The van der Waals surface area contributed by atoms with Crippen LogP contribution in [0.2, 0.25) is 0 Å². The van der Waals surface area contributed by atoms with Crippen LogP contribution in [0.3, 0.4) is 0 Å². The number of rotatable bonds is 4. The van der Waals surface area contributed by atoms with E-state index in [1.54, 1.807) is 6.07 Å². The quantitative estimate of drug-likeness (QED) is 0.880. The average Bonchev–Trinajstić information content (AvgIpc) is 2.27. The van der Waals surface area contributed by atoms with E-state index in [0.29, 0.717) is 5.69 Å². The number of hydrogen-bond donors (Lipinski definition) is 2. The molecule has 106 valence electrons. The van der Waals surface area contributed by atoms with E-state index < -0.39 is 10.0 Å². The third-order valence-corrected chi connectivity index (χ3v) is 5.08. The minimum Gasteiger partial charge on any atom is -0.316 e. The Morgan fingerprint density at radius 3 is 2.84 bits per heavy atom. The number of hydrogen-bond acceptors (Lipinski definition) is 3. The highest BCUT2D eigenvalue weighted by molar-refractivity contribution is 9.10. The summed E-state index contributed by atoms with van der Waals surface area (Å²) in [6.45, 7) is 3.72. The standard InChI is InChI=1S/C13H19BrN2O2S/c1-10-5-12(14)7-13(6-10)16-19(17,18)9-11-3-2-4-15-8-11/h5-7,11,15-16H,2-4,8-9H2,1H3. The zero-order chi connectivity index (χ0) is 13.9. The molecule has 0 radical (unpaired) electrons. The van der Waals surface area contributed by atoms with Gasteiger partial charge in [0.15, 0.2) is 0 Å². The molecule has 1 heterocycles. The fourth-order valence-electron chi connectivity index (χ4n) is 2.39. The van der Waals surface area contributed by atoms with Gasteiger partial charge in [-0.15, -0.1) is 0 Å². The van der Waals surface area contributed by atoms with Gasteiger partial charge >= 0.3 is 0 Å². The van der Waals surface area contributed by atoms with E-state index in [1.165, 1.54) is 0 Å². The molecule has 1 aliphatic heterocycles. The predicted octanol–water partition coefficient (Wildman–Crippen LogP) is 2.50. The Kier molecular flexibility index (Phi) is 4.86. The summed E-state index contributed by atoms with van der Waals surface area (Å²) in [6.07, 6.45) is 2.03. The molecule has 1 atom stereocenters. The van der Waals surface area contributed by atoms with Crippen LogP contribution < -0.4 is 10.0 Å². The Balaban J connectivity index is 2.03. The van der Waals surface area contributed by atoms with E-state index in [-0.39, 0.29) is 11.7 Å². The molecule has 1 saturated heterocycles. The van der Waals surface area contributed by atoms with Gasteiger partial charge in [-0.2, -0.15) is 0 Å². The maximum atomic E-state index is 12.1. The van der Waals surface area contributed by atoms with Crippen molar-refractivity contribution in [3.8, 4) is 0 Å². The van der Waals surface area contributed by atoms with E-state index in [9.17, 15) is 8.42 Å². The Bertz CT molecular complexity index is 519. The van der Waals surface area contributed by atoms with Crippen LogP contribution in [0.25, 0.3) is 0 Å². The van der Waals surface area contributed by atoms with Gasteiger partial charge in [-0.25, -0.2) is 8.42 Å². The van der Waals surface area contributed by atoms with Crippen LogP contribution in [-0.2, 0) is 10.0 Å². The maximum Gasteiger partial charge on any atom is 0.233 e. The first-order valence-corrected chi connectivity index (χ1v) is 8.87. The summed E-state index contributed by atoms with van der Waals surface area (Å²) in [4.78, 5) is 0. The zero-order valence-corrected chi connectivity index (χ0v) is 13.4. The van der Waals surface area contributed by atoms with Crippen LogP contribution in [0, 0.1) is 12.8 Å². The van der Waals surface area contributed by atoms with Crippen LogP contribution in [0.4, 0.5) is 5.69 Å². The number of anilines is 1. The van der Waals surface area contributed by atoms with Gasteiger partial charge in [0.05, 0.1) is 5.75 Å². The normalized spacial score (nSPS) is 20.2. The van der Waals surface area contributed by atoms with Crippen LogP contribution in [-0.4, -0.2) is 27.3 Å². The van der Waals surface area contributed by atoms with E-state index in [0.717, 1.165) is 36.0 Å². The molecule has 1 unspecified atom stereocenters. The molecule has 0 aliphatic carbocycles. The van der Waals surface area contributed by atoms with Crippen molar-refractivity contribution in [2.24, 2.45) is 5.92 Å². The van der Waals surface area contributed by atoms with Gasteiger partial charge in [-0.3, -0.25) is 4.72 Å². The maximum absolute atomic E-state index is 12.1. The van der Waals surface area contributed by atoms with Crippen molar-refractivity contribution in [3.05, 3.63) is 28.2 Å². The summed E-state index contributed by atoms with van der Waals surface area (Å²) in [5.74, 6) is 0.394. The lowest BCUT2D eigenvalue weighted by molar-refractivity contribution is 0.404. The topological polar surface area (TPSA) is 58.2 Å². The smallest absolute Gasteiger partial charge is 0.233 e. The Labute approximate surface area is 123 Å². The number of sulfonamides is 1. The van der Waals surface area contributed by atoms with Gasteiger partial charge in [0.2, 0.25) is 10.0 Å². The van der Waals surface area contributed by atoms with Crippen LogP contribution >= 0.6 is 15.9 Å². The third kappa shape index (κ3) is 4.78. The Morgan fingerprint density at radius 2 is 2.21 bits per heavy atom. The molecular weight excluding hydrogens is 328 g/mol. The van der Waals surface area contributed by atoms with Crippen LogP contribution in [0.15, 0.2) is 22.7 Å². The van der Waals surface area contributed by atoms with Crippen molar-refractivity contribution >= 4 is 31.6 Å². The molecule has 1 aromatic carbocycles. The van der Waals surface area contributed by atoms with E-state index in [1.807, 2.05) is 19.1 Å². The fourth-order valence-corrected chi connectivity index (χ4v) is 4.47. The fraction of sp³-hybridized carbons (Fsp3) is 0.538. The molecule has 2 N–H and O–H groups in total. The third-order valence-electron chi connectivity index (χ3n) is 3.17. The van der Waals surface area contributed by atoms with Gasteiger partial charge in [-0.1, -0.05) is 15.9 Å². The van der Waals surface area contributed by atoms with E-state index in [4.69, 9.17) is 0 Å². The van der Waals surface area contributed by atoms with Crippen LogP contribution in [0.5, 0.6) is 0 Å². The van der Waals surface area contributed by atoms with Crippen molar-refractivity contribution in [2.45, 2.75) is 19.8 Å². The lowest BCUT2D eigenvalue weighted by Crippen LogP contribution is -2.35. The zero-order valence-electron chi connectivity index (χ0n) is 10.9. The first-order chi connectivity index (χ1) is 8.94. The summed E-state index contributed by atoms with van der Waals surface area (Å²) >= 11 is 3.37. The Morgan fingerprint density at radius 1 is 1.42 bits per heavy atom. The molecule has 1 fully saturated rings. The van der Waals surface area contributed by atoms with E-state index >= 15 is 0 Å². The molecule has 19 heavy (non-hydrogen) atoms. The van der Waals surface area contributed by atoms with Gasteiger partial charge in [0, 0.05) is 10.2 Å². The summed E-state index contributed by atoms with van der Waals surface area (Å²) in [5.41, 5.74) is 1.64.